The number of ether oxygens (including phenoxy) is 3. The van der Waals surface area contributed by atoms with Crippen molar-refractivity contribution >= 4 is 23.2 Å². The number of fused-ring (bicyclic) bond motifs is 1. The Morgan fingerprint density at radius 3 is 2.50 bits per heavy atom. The predicted molar refractivity (Wildman–Crippen MR) is 130 cm³/mol. The number of nitrogens with zero attached hydrogens (tertiary/aromatic N) is 2. The molecule has 2 amide bonds. The van der Waals surface area contributed by atoms with Gasteiger partial charge in [0.15, 0.2) is 11.5 Å². The van der Waals surface area contributed by atoms with Gasteiger partial charge in [-0.2, -0.15) is 0 Å². The number of carbonyl (C=O) groups is 2. The normalized spacial score (nSPS) is 11.9. The van der Waals surface area contributed by atoms with Crippen LogP contribution in [0.15, 0.2) is 66.0 Å². The van der Waals surface area contributed by atoms with Crippen molar-refractivity contribution in [1.82, 2.24) is 9.80 Å². The topological polar surface area (TPSA) is 68.3 Å². The summed E-state index contributed by atoms with van der Waals surface area (Å²) >= 11 is 1.60. The van der Waals surface area contributed by atoms with Crippen molar-refractivity contribution in [2.45, 2.75) is 19.5 Å². The van der Waals surface area contributed by atoms with Gasteiger partial charge in [0.05, 0.1) is 26.1 Å². The Labute approximate surface area is 203 Å². The summed E-state index contributed by atoms with van der Waals surface area (Å²) in [6, 6.07) is 19.2. The molecule has 178 valence electrons. The van der Waals surface area contributed by atoms with Crippen molar-refractivity contribution in [3.05, 3.63) is 82.0 Å². The monoisotopic (exact) mass is 480 g/mol. The summed E-state index contributed by atoms with van der Waals surface area (Å²) < 4.78 is 16.1. The Balaban J connectivity index is 1.49. The molecule has 0 aliphatic carbocycles. The molecule has 0 unspecified atom stereocenters. The van der Waals surface area contributed by atoms with E-state index in [4.69, 9.17) is 14.2 Å². The SMILES string of the molecule is COCCN(CC(=O)N(Cc1ccc2c(c1)OCO2)Cc1cccs1)C(=O)Cc1ccccc1. The van der Waals surface area contributed by atoms with Crippen LogP contribution in [0.5, 0.6) is 11.5 Å². The van der Waals surface area contributed by atoms with Crippen LogP contribution in [0.3, 0.4) is 0 Å². The molecule has 1 aromatic heterocycles. The average molecular weight is 481 g/mol. The van der Waals surface area contributed by atoms with Crippen LogP contribution in [0, 0.1) is 0 Å². The van der Waals surface area contributed by atoms with E-state index in [-0.39, 0.29) is 31.6 Å². The fourth-order valence-corrected chi connectivity index (χ4v) is 4.44. The number of thiophene rings is 1. The van der Waals surface area contributed by atoms with E-state index in [2.05, 4.69) is 0 Å². The van der Waals surface area contributed by atoms with Gasteiger partial charge in [0.25, 0.3) is 0 Å². The lowest BCUT2D eigenvalue weighted by atomic mass is 10.1. The highest BCUT2D eigenvalue weighted by molar-refractivity contribution is 7.09. The summed E-state index contributed by atoms with van der Waals surface area (Å²) in [6.45, 7) is 1.78. The minimum Gasteiger partial charge on any atom is -0.454 e. The lowest BCUT2D eigenvalue weighted by Crippen LogP contribution is -2.44. The molecule has 0 saturated heterocycles. The molecule has 3 aromatic rings. The minimum atomic E-state index is -0.122. The quantitative estimate of drug-likeness (QED) is 0.418. The molecule has 0 bridgehead atoms. The Kier molecular flexibility index (Phi) is 8.17. The second-order valence-corrected chi connectivity index (χ2v) is 9.02. The van der Waals surface area contributed by atoms with Crippen LogP contribution in [0.2, 0.25) is 0 Å². The molecule has 2 heterocycles. The van der Waals surface area contributed by atoms with Gasteiger partial charge in [-0.05, 0) is 34.7 Å². The Bertz CT molecular complexity index is 1090. The summed E-state index contributed by atoms with van der Waals surface area (Å²) in [7, 11) is 1.59. The summed E-state index contributed by atoms with van der Waals surface area (Å²) in [5.74, 6) is 1.16. The fraction of sp³-hybridized carbons (Fsp3) is 0.308. The van der Waals surface area contributed by atoms with Crippen molar-refractivity contribution in [3.8, 4) is 11.5 Å². The maximum atomic E-state index is 13.5. The number of hydrogen-bond acceptors (Lipinski definition) is 6. The first-order valence-corrected chi connectivity index (χ1v) is 12.0. The van der Waals surface area contributed by atoms with E-state index in [0.29, 0.717) is 37.7 Å². The standard InChI is InChI=1S/C26H28N2O5S/c1-31-12-11-27(25(29)15-20-6-3-2-4-7-20)18-26(30)28(17-22-8-5-13-34-22)16-21-9-10-23-24(14-21)33-19-32-23/h2-10,13-14H,11-12,15-19H2,1H3. The van der Waals surface area contributed by atoms with Crippen molar-refractivity contribution < 1.29 is 23.8 Å². The summed E-state index contributed by atoms with van der Waals surface area (Å²) in [4.78, 5) is 31.0. The second-order valence-electron chi connectivity index (χ2n) is 7.99. The van der Waals surface area contributed by atoms with E-state index in [0.717, 1.165) is 16.0 Å². The van der Waals surface area contributed by atoms with E-state index >= 15 is 0 Å². The molecule has 0 N–H and O–H groups in total. The average Bonchev–Trinajstić information content (AvgIpc) is 3.53. The number of rotatable bonds is 11. The van der Waals surface area contributed by atoms with Crippen LogP contribution in [-0.2, 0) is 33.8 Å². The zero-order valence-electron chi connectivity index (χ0n) is 19.1. The molecule has 34 heavy (non-hydrogen) atoms. The number of methoxy groups -OCH3 is 1. The number of hydrogen-bond donors (Lipinski definition) is 0. The maximum Gasteiger partial charge on any atom is 0.242 e. The number of benzene rings is 2. The first-order valence-electron chi connectivity index (χ1n) is 11.1. The van der Waals surface area contributed by atoms with Crippen LogP contribution in [0.4, 0.5) is 0 Å². The third-order valence-electron chi connectivity index (χ3n) is 5.53. The van der Waals surface area contributed by atoms with E-state index < -0.39 is 0 Å². The first kappa shape index (κ1) is 23.8. The third kappa shape index (κ3) is 6.36. The smallest absolute Gasteiger partial charge is 0.242 e. The lowest BCUT2D eigenvalue weighted by Gasteiger charge is -2.28. The van der Waals surface area contributed by atoms with E-state index in [1.807, 2.05) is 66.0 Å². The van der Waals surface area contributed by atoms with Crippen LogP contribution < -0.4 is 9.47 Å². The fourth-order valence-electron chi connectivity index (χ4n) is 3.72. The van der Waals surface area contributed by atoms with Crippen LogP contribution in [-0.4, -0.2) is 55.2 Å². The van der Waals surface area contributed by atoms with Crippen LogP contribution in [0.1, 0.15) is 16.0 Å². The largest absolute Gasteiger partial charge is 0.454 e. The van der Waals surface area contributed by atoms with E-state index in [9.17, 15) is 9.59 Å². The van der Waals surface area contributed by atoms with E-state index in [1.165, 1.54) is 0 Å². The molecule has 0 atom stereocenters. The van der Waals surface area contributed by atoms with Crippen molar-refractivity contribution in [1.29, 1.82) is 0 Å². The summed E-state index contributed by atoms with van der Waals surface area (Å²) in [5.41, 5.74) is 1.85. The Morgan fingerprint density at radius 2 is 1.74 bits per heavy atom. The molecule has 2 aromatic carbocycles. The predicted octanol–water partition coefficient (Wildman–Crippen LogP) is 3.72. The van der Waals surface area contributed by atoms with Gasteiger partial charge in [0.1, 0.15) is 0 Å². The highest BCUT2D eigenvalue weighted by Gasteiger charge is 2.23. The Morgan fingerprint density at radius 1 is 0.912 bits per heavy atom. The third-order valence-corrected chi connectivity index (χ3v) is 6.39. The summed E-state index contributed by atoms with van der Waals surface area (Å²) in [5, 5.41) is 1.99. The zero-order chi connectivity index (χ0) is 23.8. The van der Waals surface area contributed by atoms with Gasteiger partial charge in [-0.25, -0.2) is 0 Å². The molecule has 0 saturated carbocycles. The molecular weight excluding hydrogens is 452 g/mol. The molecule has 8 heteroatoms. The van der Waals surface area contributed by atoms with Crippen molar-refractivity contribution in [2.24, 2.45) is 0 Å². The second kappa shape index (κ2) is 11.7. The van der Waals surface area contributed by atoms with E-state index in [1.54, 1.807) is 28.2 Å². The molecule has 7 nitrogen and oxygen atoms in total. The number of amides is 2. The van der Waals surface area contributed by atoms with Gasteiger partial charge in [-0.15, -0.1) is 11.3 Å². The molecule has 0 spiro atoms. The van der Waals surface area contributed by atoms with Crippen LogP contribution in [0.25, 0.3) is 0 Å². The van der Waals surface area contributed by atoms with Gasteiger partial charge >= 0.3 is 0 Å². The molecule has 1 aliphatic heterocycles. The van der Waals surface area contributed by atoms with Gasteiger partial charge in [-0.3, -0.25) is 9.59 Å². The first-order chi connectivity index (χ1) is 16.6. The highest BCUT2D eigenvalue weighted by atomic mass is 32.1. The summed E-state index contributed by atoms with van der Waals surface area (Å²) in [6.07, 6.45) is 0.241. The van der Waals surface area contributed by atoms with Gasteiger partial charge < -0.3 is 24.0 Å². The maximum absolute atomic E-state index is 13.5. The highest BCUT2D eigenvalue weighted by Crippen LogP contribution is 2.33. The zero-order valence-corrected chi connectivity index (χ0v) is 20.0. The van der Waals surface area contributed by atoms with Crippen molar-refractivity contribution in [2.75, 3.05) is 33.6 Å². The Hall–Kier alpha value is -3.36. The minimum absolute atomic E-state index is 0.00897. The molecule has 1 aliphatic rings. The number of carbonyl (C=O) groups excluding carboxylic acids is 2. The lowest BCUT2D eigenvalue weighted by molar-refractivity contribution is -0.141. The molecule has 0 fully saturated rings. The molecular formula is C26H28N2O5S. The van der Waals surface area contributed by atoms with Crippen molar-refractivity contribution in [3.63, 3.8) is 0 Å². The van der Waals surface area contributed by atoms with Gasteiger partial charge in [-0.1, -0.05) is 42.5 Å². The van der Waals surface area contributed by atoms with Crippen LogP contribution >= 0.6 is 11.3 Å². The molecule has 0 radical (unpaired) electrons. The van der Waals surface area contributed by atoms with Gasteiger partial charge in [0.2, 0.25) is 18.6 Å². The van der Waals surface area contributed by atoms with Gasteiger partial charge in [0, 0.05) is 25.1 Å². The molecule has 4 rings (SSSR count).